The lowest BCUT2D eigenvalue weighted by Gasteiger charge is -2.44. The first-order valence-electron chi connectivity index (χ1n) is 6.15. The van der Waals surface area contributed by atoms with E-state index in [2.05, 4.69) is 24.5 Å². The lowest BCUT2D eigenvalue weighted by Crippen LogP contribution is -2.70. The summed E-state index contributed by atoms with van der Waals surface area (Å²) in [5.41, 5.74) is -1.16. The Morgan fingerprint density at radius 1 is 1.53 bits per heavy atom. The topological polar surface area (TPSA) is 81.6 Å². The number of nitrogens with one attached hydrogen (secondary N) is 2. The van der Waals surface area contributed by atoms with Crippen molar-refractivity contribution in [2.24, 2.45) is 5.92 Å². The summed E-state index contributed by atoms with van der Waals surface area (Å²) in [6.45, 7) is 7.65. The fraction of sp³-hybridized carbons (Fsp3) is 0.917. The molecule has 0 saturated carbocycles. The maximum absolute atomic E-state index is 10.8. The summed E-state index contributed by atoms with van der Waals surface area (Å²) < 4.78 is 0. The molecule has 1 unspecified atom stereocenters. The molecule has 5 heteroatoms. The van der Waals surface area contributed by atoms with Crippen molar-refractivity contribution >= 4 is 5.97 Å². The van der Waals surface area contributed by atoms with Gasteiger partial charge in [0.15, 0.2) is 0 Å². The Bertz CT molecular complexity index is 273. The SMILES string of the molecule is CC(C)CC(C)(O)CNC1(CC(=O)O)CNC1. The van der Waals surface area contributed by atoms with E-state index in [1.807, 2.05) is 0 Å². The van der Waals surface area contributed by atoms with E-state index >= 15 is 0 Å². The Labute approximate surface area is 103 Å². The zero-order chi connectivity index (χ0) is 13.1. The molecule has 1 aliphatic rings. The molecule has 0 aromatic rings. The van der Waals surface area contributed by atoms with E-state index in [4.69, 9.17) is 5.11 Å². The van der Waals surface area contributed by atoms with E-state index in [1.165, 1.54) is 0 Å². The van der Waals surface area contributed by atoms with Gasteiger partial charge in [0.2, 0.25) is 0 Å². The van der Waals surface area contributed by atoms with Crippen molar-refractivity contribution in [1.82, 2.24) is 10.6 Å². The molecular weight excluding hydrogens is 220 g/mol. The summed E-state index contributed by atoms with van der Waals surface area (Å²) >= 11 is 0. The largest absolute Gasteiger partial charge is 0.481 e. The number of aliphatic carboxylic acids is 1. The smallest absolute Gasteiger partial charge is 0.305 e. The highest BCUT2D eigenvalue weighted by Gasteiger charge is 2.40. The molecule has 17 heavy (non-hydrogen) atoms. The third-order valence-corrected chi connectivity index (χ3v) is 3.11. The number of aliphatic hydroxyl groups is 1. The van der Waals surface area contributed by atoms with Crippen LogP contribution in [0, 0.1) is 5.92 Å². The first kappa shape index (κ1) is 14.4. The highest BCUT2D eigenvalue weighted by atomic mass is 16.4. The van der Waals surface area contributed by atoms with E-state index in [9.17, 15) is 9.90 Å². The third kappa shape index (κ3) is 4.61. The monoisotopic (exact) mass is 244 g/mol. The Balaban J connectivity index is 2.44. The minimum Gasteiger partial charge on any atom is -0.481 e. The van der Waals surface area contributed by atoms with Crippen LogP contribution in [0.25, 0.3) is 0 Å². The molecule has 1 atom stereocenters. The van der Waals surface area contributed by atoms with Gasteiger partial charge in [-0.15, -0.1) is 0 Å². The number of hydrogen-bond donors (Lipinski definition) is 4. The summed E-state index contributed by atoms with van der Waals surface area (Å²) in [5, 5.41) is 25.3. The van der Waals surface area contributed by atoms with Crippen molar-refractivity contribution in [3.05, 3.63) is 0 Å². The van der Waals surface area contributed by atoms with Crippen LogP contribution in [0.15, 0.2) is 0 Å². The number of rotatable bonds is 7. The molecule has 0 aromatic carbocycles. The van der Waals surface area contributed by atoms with Crippen LogP contribution in [-0.4, -0.2) is 47.0 Å². The highest BCUT2D eigenvalue weighted by molar-refractivity contribution is 5.68. The molecule has 4 N–H and O–H groups in total. The van der Waals surface area contributed by atoms with Crippen LogP contribution in [0.1, 0.15) is 33.6 Å². The first-order valence-corrected chi connectivity index (χ1v) is 6.15. The number of carboxylic acid groups (broad SMARTS) is 1. The van der Waals surface area contributed by atoms with Crippen LogP contribution in [-0.2, 0) is 4.79 Å². The molecule has 1 aliphatic heterocycles. The zero-order valence-corrected chi connectivity index (χ0v) is 10.9. The van der Waals surface area contributed by atoms with Crippen molar-refractivity contribution in [2.45, 2.75) is 44.8 Å². The molecule has 1 rings (SSSR count). The van der Waals surface area contributed by atoms with Gasteiger partial charge in [-0.25, -0.2) is 0 Å². The van der Waals surface area contributed by atoms with Crippen LogP contribution in [0.2, 0.25) is 0 Å². The summed E-state index contributed by atoms with van der Waals surface area (Å²) in [6, 6.07) is 0. The van der Waals surface area contributed by atoms with E-state index in [0.29, 0.717) is 32.0 Å². The summed E-state index contributed by atoms with van der Waals surface area (Å²) in [4.78, 5) is 10.8. The van der Waals surface area contributed by atoms with Gasteiger partial charge >= 0.3 is 5.97 Å². The van der Waals surface area contributed by atoms with Gasteiger partial charge in [0.25, 0.3) is 0 Å². The molecule has 0 aromatic heterocycles. The Kier molecular flexibility index (Phi) is 4.52. The molecule has 0 amide bonds. The van der Waals surface area contributed by atoms with Crippen molar-refractivity contribution in [3.8, 4) is 0 Å². The van der Waals surface area contributed by atoms with Gasteiger partial charge in [-0.05, 0) is 19.3 Å². The normalized spacial score (nSPS) is 21.9. The average Bonchev–Trinajstić information content (AvgIpc) is 2.06. The number of hydrogen-bond acceptors (Lipinski definition) is 4. The molecule has 0 spiro atoms. The lowest BCUT2D eigenvalue weighted by atomic mass is 9.86. The maximum atomic E-state index is 10.8. The summed E-state index contributed by atoms with van der Waals surface area (Å²) in [7, 11) is 0. The second-order valence-electron chi connectivity index (χ2n) is 5.90. The molecule has 0 bridgehead atoms. The Morgan fingerprint density at radius 2 is 2.12 bits per heavy atom. The maximum Gasteiger partial charge on any atom is 0.305 e. The highest BCUT2D eigenvalue weighted by Crippen LogP contribution is 2.20. The minimum atomic E-state index is -0.803. The molecule has 0 radical (unpaired) electrons. The molecular formula is C12H24N2O3. The summed E-state index contributed by atoms with van der Waals surface area (Å²) in [5.74, 6) is -0.385. The molecule has 100 valence electrons. The van der Waals surface area contributed by atoms with Gasteiger partial charge < -0.3 is 20.8 Å². The molecule has 1 fully saturated rings. The van der Waals surface area contributed by atoms with E-state index in [1.54, 1.807) is 6.92 Å². The zero-order valence-electron chi connectivity index (χ0n) is 10.9. The van der Waals surface area contributed by atoms with Crippen molar-refractivity contribution < 1.29 is 15.0 Å². The van der Waals surface area contributed by atoms with Gasteiger partial charge in [0.1, 0.15) is 0 Å². The Hall–Kier alpha value is -0.650. The quantitative estimate of drug-likeness (QED) is 0.514. The van der Waals surface area contributed by atoms with Gasteiger partial charge in [-0.2, -0.15) is 0 Å². The van der Waals surface area contributed by atoms with Crippen LogP contribution < -0.4 is 10.6 Å². The van der Waals surface area contributed by atoms with Gasteiger partial charge in [-0.1, -0.05) is 13.8 Å². The second-order valence-corrected chi connectivity index (χ2v) is 5.90. The van der Waals surface area contributed by atoms with Crippen molar-refractivity contribution in [3.63, 3.8) is 0 Å². The standard InChI is InChI=1S/C12H24N2O3/c1-9(2)4-11(3,17)6-14-12(5-10(15)16)7-13-8-12/h9,13-14,17H,4-8H2,1-3H3,(H,15,16). The van der Waals surface area contributed by atoms with Crippen LogP contribution >= 0.6 is 0 Å². The Morgan fingerprint density at radius 3 is 2.47 bits per heavy atom. The summed E-state index contributed by atoms with van der Waals surface area (Å²) in [6.07, 6.45) is 0.800. The van der Waals surface area contributed by atoms with Gasteiger partial charge in [-0.3, -0.25) is 4.79 Å². The predicted molar refractivity (Wildman–Crippen MR) is 65.9 cm³/mol. The van der Waals surface area contributed by atoms with Crippen molar-refractivity contribution in [2.75, 3.05) is 19.6 Å². The second kappa shape index (κ2) is 5.33. The van der Waals surface area contributed by atoms with E-state index < -0.39 is 11.6 Å². The van der Waals surface area contributed by atoms with Crippen LogP contribution in [0.3, 0.4) is 0 Å². The predicted octanol–water partition coefficient (Wildman–Crippen LogP) is 0.190. The fourth-order valence-corrected chi connectivity index (χ4v) is 2.36. The van der Waals surface area contributed by atoms with E-state index in [-0.39, 0.29) is 12.0 Å². The van der Waals surface area contributed by atoms with E-state index in [0.717, 1.165) is 0 Å². The number of carboxylic acids is 1. The minimum absolute atomic E-state index is 0.0950. The van der Waals surface area contributed by atoms with Gasteiger partial charge in [0, 0.05) is 19.6 Å². The van der Waals surface area contributed by atoms with Crippen LogP contribution in [0.4, 0.5) is 0 Å². The first-order chi connectivity index (χ1) is 7.75. The number of β-amino-alcohol motifs (C(OH)–C–C–N with tert-alkyl or cyclic N) is 1. The third-order valence-electron chi connectivity index (χ3n) is 3.11. The lowest BCUT2D eigenvalue weighted by molar-refractivity contribution is -0.139. The molecule has 0 aliphatic carbocycles. The average molecular weight is 244 g/mol. The fourth-order valence-electron chi connectivity index (χ4n) is 2.36. The molecule has 1 saturated heterocycles. The van der Waals surface area contributed by atoms with Gasteiger partial charge in [0.05, 0.1) is 17.6 Å². The van der Waals surface area contributed by atoms with Crippen molar-refractivity contribution in [1.29, 1.82) is 0 Å². The number of carbonyl (C=O) groups is 1. The molecule has 5 nitrogen and oxygen atoms in total. The molecule has 1 heterocycles. The van der Waals surface area contributed by atoms with Crippen LogP contribution in [0.5, 0.6) is 0 Å².